The summed E-state index contributed by atoms with van der Waals surface area (Å²) in [5.74, 6) is 1.27. The van der Waals surface area contributed by atoms with E-state index in [4.69, 9.17) is 4.42 Å². The number of rotatable bonds is 5. The Bertz CT molecular complexity index is 953. The molecular formula is C17H13BrN4O3. The fourth-order valence-electron chi connectivity index (χ4n) is 2.17. The Labute approximate surface area is 151 Å². The highest BCUT2D eigenvalue weighted by Crippen LogP contribution is 2.30. The van der Waals surface area contributed by atoms with Crippen LogP contribution in [0, 0.1) is 17.0 Å². The van der Waals surface area contributed by atoms with Crippen molar-refractivity contribution in [2.75, 3.05) is 5.43 Å². The van der Waals surface area contributed by atoms with Crippen molar-refractivity contribution >= 4 is 33.6 Å². The van der Waals surface area contributed by atoms with Crippen molar-refractivity contribution < 1.29 is 9.34 Å². The normalized spacial score (nSPS) is 11.0. The highest BCUT2D eigenvalue weighted by molar-refractivity contribution is 9.10. The van der Waals surface area contributed by atoms with E-state index in [9.17, 15) is 10.1 Å². The number of nitrogens with one attached hydrogen (secondary N) is 1. The Balaban J connectivity index is 1.76. The summed E-state index contributed by atoms with van der Waals surface area (Å²) in [7, 11) is 0. The van der Waals surface area contributed by atoms with Gasteiger partial charge in [-0.1, -0.05) is 22.0 Å². The molecule has 3 aromatic rings. The Morgan fingerprint density at radius 1 is 1.32 bits per heavy atom. The molecular weight excluding hydrogens is 388 g/mol. The number of halogens is 1. The lowest BCUT2D eigenvalue weighted by Gasteiger charge is -2.02. The first kappa shape index (κ1) is 16.8. The molecule has 25 heavy (non-hydrogen) atoms. The summed E-state index contributed by atoms with van der Waals surface area (Å²) in [5, 5.41) is 14.9. The minimum absolute atomic E-state index is 0.0665. The zero-order chi connectivity index (χ0) is 17.8. The zero-order valence-corrected chi connectivity index (χ0v) is 14.7. The third-order valence-electron chi connectivity index (χ3n) is 3.36. The van der Waals surface area contributed by atoms with E-state index in [2.05, 4.69) is 31.4 Å². The van der Waals surface area contributed by atoms with E-state index in [0.29, 0.717) is 11.5 Å². The zero-order valence-electron chi connectivity index (χ0n) is 13.1. The maximum absolute atomic E-state index is 10.9. The third-order valence-corrected chi connectivity index (χ3v) is 4.02. The van der Waals surface area contributed by atoms with E-state index in [1.54, 1.807) is 6.07 Å². The lowest BCUT2D eigenvalue weighted by molar-refractivity contribution is -0.384. The van der Waals surface area contributed by atoms with E-state index in [1.807, 2.05) is 31.2 Å². The number of hydrazone groups is 1. The number of nitrogens with zero attached hydrogens (tertiary/aromatic N) is 3. The largest absolute Gasteiger partial charge is 0.455 e. The van der Waals surface area contributed by atoms with Gasteiger partial charge < -0.3 is 4.42 Å². The standard InChI is InChI=1S/C17H13BrN4O3/c1-11-4-6-13(14(18)9-11)16-7-5-12(25-16)10-20-21-17-15(22(23)24)3-2-8-19-17/h2-10H,1H3,(H,19,21)/b20-10+. The Morgan fingerprint density at radius 3 is 2.92 bits per heavy atom. The molecule has 1 N–H and O–H groups in total. The van der Waals surface area contributed by atoms with Crippen LogP contribution in [0.2, 0.25) is 0 Å². The van der Waals surface area contributed by atoms with Gasteiger partial charge >= 0.3 is 5.69 Å². The number of nitro groups is 1. The molecule has 0 spiro atoms. The first-order chi connectivity index (χ1) is 12.0. The monoisotopic (exact) mass is 400 g/mol. The highest BCUT2D eigenvalue weighted by atomic mass is 79.9. The molecule has 0 unspecified atom stereocenters. The smallest absolute Gasteiger partial charge is 0.313 e. The van der Waals surface area contributed by atoms with E-state index >= 15 is 0 Å². The summed E-state index contributed by atoms with van der Waals surface area (Å²) in [5.41, 5.74) is 4.48. The van der Waals surface area contributed by atoms with E-state index in [0.717, 1.165) is 15.6 Å². The fourth-order valence-corrected chi connectivity index (χ4v) is 2.86. The van der Waals surface area contributed by atoms with Gasteiger partial charge in [-0.15, -0.1) is 0 Å². The van der Waals surface area contributed by atoms with Gasteiger partial charge in [-0.25, -0.2) is 4.98 Å². The predicted octanol–water partition coefficient (Wildman–Crippen LogP) is 4.77. The summed E-state index contributed by atoms with van der Waals surface area (Å²) in [6.07, 6.45) is 2.88. The first-order valence-corrected chi connectivity index (χ1v) is 8.09. The molecule has 8 heteroatoms. The van der Waals surface area contributed by atoms with Gasteiger partial charge in [0.2, 0.25) is 5.82 Å². The van der Waals surface area contributed by atoms with E-state index < -0.39 is 4.92 Å². The molecule has 2 heterocycles. The Morgan fingerprint density at radius 2 is 2.16 bits per heavy atom. The summed E-state index contributed by atoms with van der Waals surface area (Å²) < 4.78 is 6.67. The molecule has 0 aliphatic carbocycles. The predicted molar refractivity (Wildman–Crippen MR) is 98.7 cm³/mol. The van der Waals surface area contributed by atoms with Gasteiger partial charge in [-0.3, -0.25) is 15.5 Å². The van der Waals surface area contributed by atoms with Crippen molar-refractivity contribution in [3.05, 3.63) is 74.6 Å². The number of furan rings is 1. The maximum atomic E-state index is 10.9. The van der Waals surface area contributed by atoms with Crippen LogP contribution >= 0.6 is 15.9 Å². The third kappa shape index (κ3) is 3.92. The van der Waals surface area contributed by atoms with Crippen LogP contribution in [-0.4, -0.2) is 16.1 Å². The molecule has 0 atom stereocenters. The fraction of sp³-hybridized carbons (Fsp3) is 0.0588. The van der Waals surface area contributed by atoms with Crippen molar-refractivity contribution in [2.24, 2.45) is 5.10 Å². The minimum atomic E-state index is -0.523. The average Bonchev–Trinajstić information content (AvgIpc) is 3.03. The van der Waals surface area contributed by atoms with Gasteiger partial charge in [0.1, 0.15) is 11.5 Å². The van der Waals surface area contributed by atoms with Gasteiger partial charge in [0.25, 0.3) is 0 Å². The van der Waals surface area contributed by atoms with Crippen LogP contribution in [-0.2, 0) is 0 Å². The lowest BCUT2D eigenvalue weighted by Crippen LogP contribution is -1.98. The van der Waals surface area contributed by atoms with Gasteiger partial charge in [0.15, 0.2) is 0 Å². The Kier molecular flexibility index (Phi) is 4.90. The second-order valence-electron chi connectivity index (χ2n) is 5.18. The van der Waals surface area contributed by atoms with E-state index in [-0.39, 0.29) is 11.5 Å². The molecule has 0 aliphatic heterocycles. The molecule has 0 saturated heterocycles. The average molecular weight is 401 g/mol. The van der Waals surface area contributed by atoms with Crippen molar-refractivity contribution in [3.8, 4) is 11.3 Å². The van der Waals surface area contributed by atoms with Gasteiger partial charge in [-0.2, -0.15) is 5.10 Å². The van der Waals surface area contributed by atoms with E-state index in [1.165, 1.54) is 24.5 Å². The van der Waals surface area contributed by atoms with Crippen LogP contribution in [0.3, 0.4) is 0 Å². The molecule has 7 nitrogen and oxygen atoms in total. The van der Waals surface area contributed by atoms with Gasteiger partial charge in [0, 0.05) is 22.3 Å². The number of benzene rings is 1. The molecule has 0 amide bonds. The van der Waals surface area contributed by atoms with Crippen LogP contribution in [0.5, 0.6) is 0 Å². The number of aromatic nitrogens is 1. The number of pyridine rings is 1. The van der Waals surface area contributed by atoms with Crippen LogP contribution in [0.15, 0.2) is 62.7 Å². The number of anilines is 1. The number of hydrogen-bond acceptors (Lipinski definition) is 6. The maximum Gasteiger partial charge on any atom is 0.313 e. The molecule has 1 aromatic carbocycles. The van der Waals surface area contributed by atoms with Crippen LogP contribution < -0.4 is 5.43 Å². The summed E-state index contributed by atoms with van der Waals surface area (Å²) >= 11 is 3.52. The second kappa shape index (κ2) is 7.27. The summed E-state index contributed by atoms with van der Waals surface area (Å²) in [6, 6.07) is 12.4. The molecule has 3 rings (SSSR count). The molecule has 0 aliphatic rings. The minimum Gasteiger partial charge on any atom is -0.455 e. The van der Waals surface area contributed by atoms with Crippen molar-refractivity contribution in [1.29, 1.82) is 0 Å². The quantitative estimate of drug-likeness (QED) is 0.378. The van der Waals surface area contributed by atoms with Gasteiger partial charge in [-0.05, 0) is 42.8 Å². The lowest BCUT2D eigenvalue weighted by atomic mass is 10.1. The molecule has 0 radical (unpaired) electrons. The van der Waals surface area contributed by atoms with Crippen molar-refractivity contribution in [3.63, 3.8) is 0 Å². The number of hydrogen-bond donors (Lipinski definition) is 1. The van der Waals surface area contributed by atoms with Crippen LogP contribution in [0.1, 0.15) is 11.3 Å². The summed E-state index contributed by atoms with van der Waals surface area (Å²) in [6.45, 7) is 2.01. The highest BCUT2D eigenvalue weighted by Gasteiger charge is 2.13. The molecule has 126 valence electrons. The topological polar surface area (TPSA) is 93.6 Å². The molecule has 0 saturated carbocycles. The van der Waals surface area contributed by atoms with Gasteiger partial charge in [0.05, 0.1) is 11.1 Å². The second-order valence-corrected chi connectivity index (χ2v) is 6.04. The molecule has 2 aromatic heterocycles. The van der Waals surface area contributed by atoms with Crippen LogP contribution in [0.4, 0.5) is 11.5 Å². The number of aryl methyl sites for hydroxylation is 1. The first-order valence-electron chi connectivity index (χ1n) is 7.29. The summed E-state index contributed by atoms with van der Waals surface area (Å²) in [4.78, 5) is 14.3. The SMILES string of the molecule is Cc1ccc(-c2ccc(/C=N/Nc3ncccc3[N+](=O)[O-])o2)c(Br)c1. The molecule has 0 fully saturated rings. The molecule has 0 bridgehead atoms. The van der Waals surface area contributed by atoms with Crippen molar-refractivity contribution in [2.45, 2.75) is 6.92 Å². The van der Waals surface area contributed by atoms with Crippen LogP contribution in [0.25, 0.3) is 11.3 Å². The Hall–Kier alpha value is -3.00. The van der Waals surface area contributed by atoms with Crippen molar-refractivity contribution in [1.82, 2.24) is 4.98 Å².